The lowest BCUT2D eigenvalue weighted by Crippen LogP contribution is -2.41. The number of hydrogen-bond acceptors (Lipinski definition) is 6. The Hall–Kier alpha value is -3.04. The molecule has 1 saturated heterocycles. The van der Waals surface area contributed by atoms with Crippen molar-refractivity contribution >= 4 is 5.71 Å². The maximum absolute atomic E-state index is 13.2. The molecule has 0 aromatic heterocycles. The van der Waals surface area contributed by atoms with Crippen LogP contribution in [0.25, 0.3) is 0 Å². The number of hydrogen-bond donors (Lipinski definition) is 0. The number of rotatable bonds is 5. The molecule has 0 bridgehead atoms. The Morgan fingerprint density at radius 3 is 2.47 bits per heavy atom. The monoisotopic (exact) mass is 425 g/mol. The average molecular weight is 425 g/mol. The summed E-state index contributed by atoms with van der Waals surface area (Å²) in [6.07, 6.45) is -0.677. The third kappa shape index (κ3) is 4.58. The Morgan fingerprint density at radius 1 is 1.20 bits per heavy atom. The van der Waals surface area contributed by atoms with Crippen molar-refractivity contribution in [1.82, 2.24) is 4.90 Å². The van der Waals surface area contributed by atoms with Crippen molar-refractivity contribution in [3.8, 4) is 5.75 Å². The van der Waals surface area contributed by atoms with Crippen molar-refractivity contribution in [3.63, 3.8) is 0 Å². The normalized spacial score (nSPS) is 21.8. The Bertz CT molecular complexity index is 888. The third-order valence-corrected chi connectivity index (χ3v) is 5.21. The average Bonchev–Trinajstić information content (AvgIpc) is 2.70. The molecule has 30 heavy (non-hydrogen) atoms. The van der Waals surface area contributed by atoms with Gasteiger partial charge in [-0.25, -0.2) is 0 Å². The van der Waals surface area contributed by atoms with E-state index in [0.29, 0.717) is 25.9 Å². The van der Waals surface area contributed by atoms with Crippen molar-refractivity contribution in [2.75, 3.05) is 20.2 Å². The molecule has 0 spiro atoms. The van der Waals surface area contributed by atoms with Crippen molar-refractivity contribution in [2.45, 2.75) is 32.0 Å². The maximum Gasteiger partial charge on any atom is 0.419 e. The maximum atomic E-state index is 13.2. The number of benzene rings is 1. The number of para-hydroxylation sites is 1. The highest BCUT2D eigenvalue weighted by Crippen LogP contribution is 2.37. The lowest BCUT2D eigenvalue weighted by Gasteiger charge is -2.38. The Kier molecular flexibility index (Phi) is 6.33. The molecule has 0 N–H and O–H groups in total. The molecule has 2 aliphatic rings. The van der Waals surface area contributed by atoms with Gasteiger partial charge in [-0.2, -0.15) is 13.2 Å². The van der Waals surface area contributed by atoms with Crippen molar-refractivity contribution in [1.29, 1.82) is 0 Å². The highest BCUT2D eigenvalue weighted by molar-refractivity contribution is 6.02. The van der Waals surface area contributed by atoms with Crippen LogP contribution >= 0.6 is 0 Å². The molecule has 1 aliphatic heterocycles. The number of likely N-dealkylation sites (tertiary alicyclic amines) is 1. The highest BCUT2D eigenvalue weighted by Gasteiger charge is 2.37. The van der Waals surface area contributed by atoms with Gasteiger partial charge in [0.1, 0.15) is 19.0 Å². The van der Waals surface area contributed by atoms with Crippen LogP contribution in [0.4, 0.5) is 13.2 Å². The third-order valence-electron chi connectivity index (χ3n) is 5.21. The fourth-order valence-electron chi connectivity index (χ4n) is 3.73. The van der Waals surface area contributed by atoms with Crippen LogP contribution in [0.2, 0.25) is 0 Å². The van der Waals surface area contributed by atoms with Crippen LogP contribution in [0.1, 0.15) is 25.3 Å². The Morgan fingerprint density at radius 2 is 1.87 bits per heavy atom. The van der Waals surface area contributed by atoms with Gasteiger partial charge in [-0.3, -0.25) is 10.1 Å². The summed E-state index contributed by atoms with van der Waals surface area (Å²) in [5, 5.41) is 15.1. The van der Waals surface area contributed by atoms with Gasteiger partial charge >= 0.3 is 6.18 Å². The molecule has 1 fully saturated rings. The number of halogens is 3. The molecule has 3 rings (SSSR count). The van der Waals surface area contributed by atoms with Crippen LogP contribution < -0.4 is 4.74 Å². The number of alkyl halides is 3. The van der Waals surface area contributed by atoms with Gasteiger partial charge in [0.15, 0.2) is 5.71 Å². The number of oxime groups is 1. The molecule has 1 atom stereocenters. The molecule has 0 amide bonds. The van der Waals surface area contributed by atoms with Gasteiger partial charge in [-0.15, -0.1) is 0 Å². The van der Waals surface area contributed by atoms with Crippen LogP contribution in [0.15, 0.2) is 53.0 Å². The summed E-state index contributed by atoms with van der Waals surface area (Å²) in [5.41, 5.74) is 0.187. The molecular formula is C20H22F3N3O4. The topological polar surface area (TPSA) is 77.2 Å². The molecule has 1 unspecified atom stereocenters. The second-order valence-electron chi connectivity index (χ2n) is 7.08. The minimum Gasteiger partial charge on any atom is -0.490 e. The van der Waals surface area contributed by atoms with Gasteiger partial charge in [-0.05, 0) is 18.2 Å². The number of nitro groups is 1. The molecule has 1 aliphatic carbocycles. The first kappa shape index (κ1) is 21.7. The summed E-state index contributed by atoms with van der Waals surface area (Å²) in [4.78, 5) is 17.6. The zero-order valence-corrected chi connectivity index (χ0v) is 16.6. The SMILES string of the molecule is CO/N=C1/C([N+](=O)[O-])=CC=C(N2CCC(Oc3ccccc3C(F)(F)F)CC2)C1C. The molecule has 162 valence electrons. The van der Waals surface area contributed by atoms with E-state index in [1.807, 2.05) is 6.92 Å². The summed E-state index contributed by atoms with van der Waals surface area (Å²) < 4.78 is 45.2. The molecule has 1 aromatic rings. The quantitative estimate of drug-likeness (QED) is 0.521. The zero-order valence-electron chi connectivity index (χ0n) is 16.6. The smallest absolute Gasteiger partial charge is 0.419 e. The lowest BCUT2D eigenvalue weighted by atomic mass is 9.92. The molecule has 7 nitrogen and oxygen atoms in total. The van der Waals surface area contributed by atoms with Gasteiger partial charge in [0.25, 0.3) is 5.70 Å². The fourth-order valence-corrected chi connectivity index (χ4v) is 3.73. The van der Waals surface area contributed by atoms with Crippen molar-refractivity contribution in [2.24, 2.45) is 11.1 Å². The number of ether oxygens (including phenoxy) is 1. The molecule has 10 heteroatoms. The van der Waals surface area contributed by atoms with E-state index in [1.165, 1.54) is 31.4 Å². The van der Waals surface area contributed by atoms with Gasteiger partial charge in [-0.1, -0.05) is 24.2 Å². The molecule has 0 saturated carbocycles. The van der Waals surface area contributed by atoms with Crippen LogP contribution in [0.5, 0.6) is 5.75 Å². The Labute approximate surface area is 171 Å². The summed E-state index contributed by atoms with van der Waals surface area (Å²) in [7, 11) is 1.33. The zero-order chi connectivity index (χ0) is 21.9. The first-order chi connectivity index (χ1) is 14.2. The molecule has 1 heterocycles. The second-order valence-corrected chi connectivity index (χ2v) is 7.08. The van der Waals surface area contributed by atoms with E-state index in [4.69, 9.17) is 9.57 Å². The van der Waals surface area contributed by atoms with Gasteiger partial charge in [0, 0.05) is 43.6 Å². The van der Waals surface area contributed by atoms with Crippen molar-refractivity contribution in [3.05, 3.63) is 63.5 Å². The van der Waals surface area contributed by atoms with Crippen molar-refractivity contribution < 1.29 is 27.7 Å². The Balaban J connectivity index is 1.69. The van der Waals surface area contributed by atoms with E-state index >= 15 is 0 Å². The van der Waals surface area contributed by atoms with E-state index in [-0.39, 0.29) is 29.2 Å². The van der Waals surface area contributed by atoms with E-state index in [1.54, 1.807) is 6.08 Å². The molecule has 1 aromatic carbocycles. The minimum atomic E-state index is -4.47. The number of nitrogens with zero attached hydrogens (tertiary/aromatic N) is 3. The summed E-state index contributed by atoms with van der Waals surface area (Å²) in [6.45, 7) is 2.91. The van der Waals surface area contributed by atoms with Gasteiger partial charge in [0.05, 0.1) is 10.5 Å². The predicted octanol–water partition coefficient (Wildman–Crippen LogP) is 4.25. The highest BCUT2D eigenvalue weighted by atomic mass is 19.4. The lowest BCUT2D eigenvalue weighted by molar-refractivity contribution is -0.415. The number of allylic oxidation sites excluding steroid dienone is 4. The standard InChI is InChI=1S/C20H22F3N3O4/c1-13-16(7-8-17(26(27)28)19(13)24-29-2)25-11-9-14(10-12-25)30-18-6-4-3-5-15(18)20(21,22)23/h3-8,13-14H,9-12H2,1-2H3/b24-19+. The molecular weight excluding hydrogens is 403 g/mol. The second kappa shape index (κ2) is 8.76. The summed E-state index contributed by atoms with van der Waals surface area (Å²) in [6, 6.07) is 5.19. The van der Waals surface area contributed by atoms with Crippen LogP contribution in [-0.4, -0.2) is 41.8 Å². The fraction of sp³-hybridized carbons (Fsp3) is 0.450. The van der Waals surface area contributed by atoms with Crippen LogP contribution in [0.3, 0.4) is 0 Å². The number of piperidine rings is 1. The first-order valence-electron chi connectivity index (χ1n) is 9.48. The van der Waals surface area contributed by atoms with E-state index < -0.39 is 16.7 Å². The largest absolute Gasteiger partial charge is 0.490 e. The van der Waals surface area contributed by atoms with Gasteiger partial charge in [0.2, 0.25) is 0 Å². The first-order valence-corrected chi connectivity index (χ1v) is 9.48. The van der Waals surface area contributed by atoms with E-state index in [0.717, 1.165) is 11.8 Å². The molecule has 0 radical (unpaired) electrons. The van der Waals surface area contributed by atoms with E-state index in [2.05, 4.69) is 10.1 Å². The predicted molar refractivity (Wildman–Crippen MR) is 103 cm³/mol. The minimum absolute atomic E-state index is 0.116. The van der Waals surface area contributed by atoms with Gasteiger partial charge < -0.3 is 14.5 Å². The summed E-state index contributed by atoms with van der Waals surface area (Å²) in [5.74, 6) is -0.513. The van der Waals surface area contributed by atoms with Crippen LogP contribution in [0, 0.1) is 16.0 Å². The van der Waals surface area contributed by atoms with Crippen LogP contribution in [-0.2, 0) is 11.0 Å². The summed E-state index contributed by atoms with van der Waals surface area (Å²) >= 11 is 0. The van der Waals surface area contributed by atoms with E-state index in [9.17, 15) is 23.3 Å².